The lowest BCUT2D eigenvalue weighted by atomic mass is 9.71. The van der Waals surface area contributed by atoms with Gasteiger partial charge in [-0.3, -0.25) is 0 Å². The number of hydrogen-bond acceptors (Lipinski definition) is 2. The fourth-order valence-electron chi connectivity index (χ4n) is 5.07. The maximum absolute atomic E-state index is 14.7. The second kappa shape index (κ2) is 11.0. The normalized spacial score (nSPS) is 26.3. The minimum Gasteiger partial charge on any atom is -0.432 e. The molecule has 2 atom stereocenters. The van der Waals surface area contributed by atoms with Gasteiger partial charge in [-0.1, -0.05) is 38.3 Å². The molecular formula is C25H32F6O2. The predicted molar refractivity (Wildman–Crippen MR) is 114 cm³/mol. The number of benzene rings is 1. The molecule has 2 unspecified atom stereocenters. The van der Waals surface area contributed by atoms with E-state index >= 15 is 0 Å². The minimum atomic E-state index is -5.07. The standard InChI is InChI=1S/C25H32F6O2/c1-2-3-4-5-17-6-8-18(9-7-17)19-10-12-20(13-11-19)24(27,28)32-21-14-15-23(22(26)16-21)33-25(29,30)31/h6,8,14-20H,2-5,7,9-13H2,1H3. The molecule has 0 heterocycles. The van der Waals surface area contributed by atoms with Gasteiger partial charge < -0.3 is 9.47 Å². The number of allylic oxidation sites excluding steroid dienone is 2. The van der Waals surface area contributed by atoms with Gasteiger partial charge in [0.1, 0.15) is 5.75 Å². The number of hydrogen-bond donors (Lipinski definition) is 0. The zero-order valence-electron chi connectivity index (χ0n) is 18.9. The summed E-state index contributed by atoms with van der Waals surface area (Å²) in [4.78, 5) is 0. The van der Waals surface area contributed by atoms with Gasteiger partial charge >= 0.3 is 12.5 Å². The molecule has 2 nitrogen and oxygen atoms in total. The van der Waals surface area contributed by atoms with E-state index in [1.807, 2.05) is 0 Å². The maximum atomic E-state index is 14.7. The molecule has 1 aromatic carbocycles. The van der Waals surface area contributed by atoms with Gasteiger partial charge in [-0.05, 0) is 74.8 Å². The summed E-state index contributed by atoms with van der Waals surface area (Å²) in [6.07, 6.45) is 5.11. The quantitative estimate of drug-likeness (QED) is 0.201. The lowest BCUT2D eigenvalue weighted by Gasteiger charge is -2.37. The molecule has 1 fully saturated rings. The van der Waals surface area contributed by atoms with E-state index in [4.69, 9.17) is 4.74 Å². The van der Waals surface area contributed by atoms with Crippen LogP contribution in [0.3, 0.4) is 0 Å². The van der Waals surface area contributed by atoms with Crippen LogP contribution in [0.5, 0.6) is 11.5 Å². The molecule has 0 radical (unpaired) electrons. The van der Waals surface area contributed by atoms with E-state index in [-0.39, 0.29) is 0 Å². The summed E-state index contributed by atoms with van der Waals surface area (Å²) < 4.78 is 88.2. The average Bonchev–Trinajstić information content (AvgIpc) is 2.75. The van der Waals surface area contributed by atoms with Crippen molar-refractivity contribution in [2.24, 2.45) is 23.7 Å². The first kappa shape index (κ1) is 25.8. The Balaban J connectivity index is 1.50. The minimum absolute atomic E-state index is 0.291. The first-order valence-electron chi connectivity index (χ1n) is 11.9. The predicted octanol–water partition coefficient (Wildman–Crippen LogP) is 8.67. The van der Waals surface area contributed by atoms with E-state index in [1.54, 1.807) is 0 Å². The Morgan fingerprint density at radius 3 is 2.18 bits per heavy atom. The van der Waals surface area contributed by atoms with Crippen LogP contribution in [0.1, 0.15) is 71.1 Å². The van der Waals surface area contributed by atoms with Crippen LogP contribution in [0.4, 0.5) is 26.3 Å². The lowest BCUT2D eigenvalue weighted by Crippen LogP contribution is -2.38. The summed E-state index contributed by atoms with van der Waals surface area (Å²) in [5.74, 6) is -2.61. The van der Waals surface area contributed by atoms with E-state index in [0.29, 0.717) is 55.6 Å². The molecule has 2 aliphatic carbocycles. The van der Waals surface area contributed by atoms with Crippen LogP contribution < -0.4 is 9.47 Å². The van der Waals surface area contributed by atoms with Crippen molar-refractivity contribution in [2.75, 3.05) is 0 Å². The average molecular weight is 479 g/mol. The van der Waals surface area contributed by atoms with Gasteiger partial charge in [0, 0.05) is 6.07 Å². The van der Waals surface area contributed by atoms with Gasteiger partial charge in [-0.2, -0.15) is 8.78 Å². The van der Waals surface area contributed by atoms with E-state index in [9.17, 15) is 26.3 Å². The van der Waals surface area contributed by atoms with Crippen LogP contribution in [-0.2, 0) is 0 Å². The van der Waals surface area contributed by atoms with Crippen LogP contribution in [-0.4, -0.2) is 12.5 Å². The molecule has 0 aromatic heterocycles. The molecule has 3 rings (SSSR count). The summed E-state index contributed by atoms with van der Waals surface area (Å²) in [7, 11) is 0. The number of ether oxygens (including phenoxy) is 2. The molecule has 0 spiro atoms. The number of rotatable bonds is 9. The van der Waals surface area contributed by atoms with E-state index in [2.05, 4.69) is 23.8 Å². The van der Waals surface area contributed by atoms with Crippen molar-refractivity contribution in [3.8, 4) is 11.5 Å². The molecule has 0 bridgehead atoms. The fourth-order valence-corrected chi connectivity index (χ4v) is 5.07. The third-order valence-electron chi connectivity index (χ3n) is 6.92. The highest BCUT2D eigenvalue weighted by Crippen LogP contribution is 2.44. The fraction of sp³-hybridized carbons (Fsp3) is 0.680. The van der Waals surface area contributed by atoms with Gasteiger partial charge in [-0.15, -0.1) is 13.2 Å². The Morgan fingerprint density at radius 2 is 1.61 bits per heavy atom. The van der Waals surface area contributed by atoms with Crippen molar-refractivity contribution in [1.82, 2.24) is 0 Å². The molecule has 0 aliphatic heterocycles. The number of unbranched alkanes of at least 4 members (excludes halogenated alkanes) is 2. The Morgan fingerprint density at radius 1 is 0.879 bits per heavy atom. The first-order chi connectivity index (χ1) is 15.6. The van der Waals surface area contributed by atoms with Crippen molar-refractivity contribution in [3.05, 3.63) is 36.2 Å². The van der Waals surface area contributed by atoms with Gasteiger partial charge in [0.15, 0.2) is 11.6 Å². The zero-order chi connectivity index (χ0) is 24.1. The smallest absolute Gasteiger partial charge is 0.432 e. The molecule has 33 heavy (non-hydrogen) atoms. The Kier molecular flexibility index (Phi) is 8.62. The van der Waals surface area contributed by atoms with Crippen molar-refractivity contribution in [1.29, 1.82) is 0 Å². The van der Waals surface area contributed by atoms with E-state index in [1.165, 1.54) is 25.7 Å². The van der Waals surface area contributed by atoms with Crippen LogP contribution in [0, 0.1) is 29.5 Å². The van der Waals surface area contributed by atoms with Crippen LogP contribution in [0.2, 0.25) is 0 Å². The molecule has 1 saturated carbocycles. The van der Waals surface area contributed by atoms with Crippen molar-refractivity contribution in [2.45, 2.75) is 83.6 Å². The third-order valence-corrected chi connectivity index (χ3v) is 6.92. The highest BCUT2D eigenvalue weighted by molar-refractivity contribution is 5.33. The van der Waals surface area contributed by atoms with Gasteiger partial charge in [0.05, 0.1) is 5.92 Å². The molecule has 2 aliphatic rings. The molecule has 0 N–H and O–H groups in total. The molecule has 8 heteroatoms. The zero-order valence-corrected chi connectivity index (χ0v) is 18.9. The molecule has 1 aromatic rings. The Bertz CT molecular complexity index is 784. The van der Waals surface area contributed by atoms with Crippen LogP contribution in [0.25, 0.3) is 0 Å². The van der Waals surface area contributed by atoms with E-state index in [0.717, 1.165) is 18.9 Å². The van der Waals surface area contributed by atoms with Crippen molar-refractivity contribution in [3.63, 3.8) is 0 Å². The SMILES string of the molecule is CCCCCC1C=CC(C2CCC(C(F)(F)Oc3ccc(OC(F)(F)F)c(F)c3)CC2)CC1. The monoisotopic (exact) mass is 478 g/mol. The molecule has 186 valence electrons. The Hall–Kier alpha value is -1.86. The van der Waals surface area contributed by atoms with Crippen LogP contribution in [0.15, 0.2) is 30.4 Å². The van der Waals surface area contributed by atoms with Gasteiger partial charge in [0.25, 0.3) is 0 Å². The molecular weight excluding hydrogens is 446 g/mol. The van der Waals surface area contributed by atoms with Crippen molar-refractivity contribution >= 4 is 0 Å². The third kappa shape index (κ3) is 7.57. The highest BCUT2D eigenvalue weighted by atomic mass is 19.4. The highest BCUT2D eigenvalue weighted by Gasteiger charge is 2.45. The summed E-state index contributed by atoms with van der Waals surface area (Å²) in [6.45, 7) is 2.19. The second-order valence-corrected chi connectivity index (χ2v) is 9.30. The van der Waals surface area contributed by atoms with Gasteiger partial charge in [0.2, 0.25) is 0 Å². The summed E-state index contributed by atoms with van der Waals surface area (Å²) in [5.41, 5.74) is 0. The molecule has 0 amide bonds. The maximum Gasteiger partial charge on any atom is 0.573 e. The Labute approximate surface area is 191 Å². The summed E-state index contributed by atoms with van der Waals surface area (Å²) >= 11 is 0. The largest absolute Gasteiger partial charge is 0.573 e. The summed E-state index contributed by atoms with van der Waals surface area (Å²) in [6, 6.07) is 1.98. The number of halogens is 6. The van der Waals surface area contributed by atoms with E-state index < -0.39 is 35.7 Å². The number of alkyl halides is 5. The first-order valence-corrected chi connectivity index (χ1v) is 11.9. The lowest BCUT2D eigenvalue weighted by molar-refractivity contribution is -0.275. The van der Waals surface area contributed by atoms with Gasteiger partial charge in [-0.25, -0.2) is 4.39 Å². The van der Waals surface area contributed by atoms with Crippen LogP contribution >= 0.6 is 0 Å². The topological polar surface area (TPSA) is 18.5 Å². The molecule has 0 saturated heterocycles. The summed E-state index contributed by atoms with van der Waals surface area (Å²) in [5, 5.41) is 0. The van der Waals surface area contributed by atoms with Crippen molar-refractivity contribution < 1.29 is 35.8 Å². The second-order valence-electron chi connectivity index (χ2n) is 9.30.